The molecule has 1 aromatic heterocycles. The fourth-order valence-electron chi connectivity index (χ4n) is 4.74. The van der Waals surface area contributed by atoms with Gasteiger partial charge in [0.2, 0.25) is 5.91 Å². The van der Waals surface area contributed by atoms with Gasteiger partial charge >= 0.3 is 5.97 Å². The third kappa shape index (κ3) is 7.28. The number of aromatic nitrogens is 3. The van der Waals surface area contributed by atoms with E-state index >= 15 is 0 Å². The van der Waals surface area contributed by atoms with Crippen molar-refractivity contribution in [1.29, 1.82) is 0 Å². The van der Waals surface area contributed by atoms with Gasteiger partial charge in [-0.15, -0.1) is 16.8 Å². The van der Waals surface area contributed by atoms with E-state index in [9.17, 15) is 9.59 Å². The van der Waals surface area contributed by atoms with Crippen LogP contribution in [0, 0.1) is 17.8 Å². The Labute approximate surface area is 223 Å². The number of nitrogens with one attached hydrogen (secondary N) is 1. The van der Waals surface area contributed by atoms with Crippen LogP contribution in [0.4, 0.5) is 0 Å². The number of fused-ring (bicyclic) bond motifs is 1. The first kappa shape index (κ1) is 28.1. The predicted molar refractivity (Wildman–Crippen MR) is 145 cm³/mol. The molecule has 7 nitrogen and oxygen atoms in total. The second kappa shape index (κ2) is 12.2. The minimum absolute atomic E-state index is 0.146. The average molecular weight is 560 g/mol. The Morgan fingerprint density at radius 3 is 2.64 bits per heavy atom. The van der Waals surface area contributed by atoms with E-state index in [1.54, 1.807) is 6.08 Å². The number of nitrogens with zero attached hydrogens (tertiary/aromatic N) is 3. The molecule has 0 saturated carbocycles. The van der Waals surface area contributed by atoms with Crippen LogP contribution < -0.4 is 5.32 Å². The van der Waals surface area contributed by atoms with Gasteiger partial charge in [-0.25, -0.2) is 0 Å². The molecule has 1 aliphatic heterocycles. The molecular weight excluding hydrogens is 520 g/mol. The summed E-state index contributed by atoms with van der Waals surface area (Å²) in [5.41, 5.74) is 0.347. The van der Waals surface area contributed by atoms with Crippen LogP contribution in [0.1, 0.15) is 78.6 Å². The average Bonchev–Trinajstić information content (AvgIpc) is 3.10. The van der Waals surface area contributed by atoms with Crippen molar-refractivity contribution in [3.8, 4) is 11.4 Å². The zero-order valence-corrected chi connectivity index (χ0v) is 23.7. The minimum Gasteiger partial charge on any atom is -0.460 e. The molecule has 3 atom stereocenters. The summed E-state index contributed by atoms with van der Waals surface area (Å²) in [7, 11) is 0. The fraction of sp³-hybridized carbons (Fsp3) is 0.571. The molecule has 0 bridgehead atoms. The molecule has 196 valence electrons. The second-order valence-electron chi connectivity index (χ2n) is 11.0. The lowest BCUT2D eigenvalue weighted by molar-refractivity contribution is -0.164. The minimum atomic E-state index is -0.629. The molecule has 8 heteroatoms. The van der Waals surface area contributed by atoms with Crippen molar-refractivity contribution in [3.05, 3.63) is 47.2 Å². The van der Waals surface area contributed by atoms with Crippen molar-refractivity contribution < 1.29 is 14.3 Å². The Kier molecular flexibility index (Phi) is 9.50. The van der Waals surface area contributed by atoms with Gasteiger partial charge in [-0.2, -0.15) is 0 Å². The van der Waals surface area contributed by atoms with Gasteiger partial charge in [0.1, 0.15) is 5.60 Å². The van der Waals surface area contributed by atoms with E-state index in [0.717, 1.165) is 47.5 Å². The van der Waals surface area contributed by atoms with E-state index in [0.29, 0.717) is 12.8 Å². The summed E-state index contributed by atoms with van der Waals surface area (Å²) in [4.78, 5) is 26.9. The molecular formula is C28H39BrN4O3. The molecule has 2 heterocycles. The van der Waals surface area contributed by atoms with E-state index in [2.05, 4.69) is 56.4 Å². The van der Waals surface area contributed by atoms with Gasteiger partial charge in [-0.1, -0.05) is 48.0 Å². The lowest BCUT2D eigenvalue weighted by Crippen LogP contribution is -2.42. The van der Waals surface area contributed by atoms with Crippen LogP contribution >= 0.6 is 15.9 Å². The summed E-state index contributed by atoms with van der Waals surface area (Å²) in [6.07, 6.45) is 5.37. The first-order valence-electron chi connectivity index (χ1n) is 12.8. The van der Waals surface area contributed by atoms with Gasteiger partial charge in [0.15, 0.2) is 11.6 Å². The highest BCUT2D eigenvalue weighted by Gasteiger charge is 2.38. The number of benzene rings is 1. The van der Waals surface area contributed by atoms with E-state index in [4.69, 9.17) is 4.74 Å². The molecule has 0 radical (unpaired) electrons. The maximum Gasteiger partial charge on any atom is 0.310 e. The smallest absolute Gasteiger partial charge is 0.310 e. The van der Waals surface area contributed by atoms with Gasteiger partial charge in [-0.3, -0.25) is 9.59 Å². The normalized spacial score (nSPS) is 17.6. The summed E-state index contributed by atoms with van der Waals surface area (Å²) in [6.45, 7) is 14.3. The largest absolute Gasteiger partial charge is 0.460 e. The number of esters is 1. The maximum atomic E-state index is 13.8. The molecule has 0 aliphatic carbocycles. The number of carbonyl (C=O) groups excluding carboxylic acids is 2. The van der Waals surface area contributed by atoms with Gasteiger partial charge in [-0.05, 0) is 70.9 Å². The molecule has 1 N–H and O–H groups in total. The Morgan fingerprint density at radius 1 is 1.25 bits per heavy atom. The number of hydrogen-bond donors (Lipinski definition) is 1. The van der Waals surface area contributed by atoms with E-state index in [1.165, 1.54) is 0 Å². The third-order valence-electron chi connectivity index (χ3n) is 6.29. The summed E-state index contributed by atoms with van der Waals surface area (Å²) >= 11 is 3.54. The van der Waals surface area contributed by atoms with Crippen LogP contribution in [0.15, 0.2) is 41.4 Å². The number of rotatable bonds is 9. The standard InChI is InChI=1S/C28H39BrN4O3/c1-7-11-21(27(35)36-28(4,5)6)22(16-18(2)3)26(34)30-23-14-8-9-15-33-24(31-32-25(23)33)19-12-10-13-20(29)17-19/h7,10,12-13,17-18,21-23H,1,8-9,11,14-16H2,2-6H3,(H,30,34)/t21-,22+,23-/m0/s1. The monoisotopic (exact) mass is 558 g/mol. The zero-order chi connectivity index (χ0) is 26.5. The van der Waals surface area contributed by atoms with Crippen LogP contribution in [0.3, 0.4) is 0 Å². The Balaban J connectivity index is 1.89. The Bertz CT molecular complexity index is 1070. The maximum absolute atomic E-state index is 13.8. The molecule has 2 aromatic rings. The molecule has 1 amide bonds. The van der Waals surface area contributed by atoms with E-state index in [-0.39, 0.29) is 23.8 Å². The van der Waals surface area contributed by atoms with Crippen LogP contribution in [0.2, 0.25) is 0 Å². The van der Waals surface area contributed by atoms with Crippen molar-refractivity contribution in [1.82, 2.24) is 20.1 Å². The fourth-order valence-corrected chi connectivity index (χ4v) is 5.14. The quantitative estimate of drug-likeness (QED) is 0.290. The van der Waals surface area contributed by atoms with Gasteiger partial charge < -0.3 is 14.6 Å². The van der Waals surface area contributed by atoms with Crippen LogP contribution in [0.5, 0.6) is 0 Å². The Hall–Kier alpha value is -2.48. The van der Waals surface area contributed by atoms with Gasteiger partial charge in [0.25, 0.3) is 0 Å². The highest BCUT2D eigenvalue weighted by Crippen LogP contribution is 2.32. The molecule has 0 fully saturated rings. The highest BCUT2D eigenvalue weighted by molar-refractivity contribution is 9.10. The van der Waals surface area contributed by atoms with Crippen molar-refractivity contribution in [2.75, 3.05) is 0 Å². The number of allylic oxidation sites excluding steroid dienone is 1. The highest BCUT2D eigenvalue weighted by atomic mass is 79.9. The first-order chi connectivity index (χ1) is 17.0. The number of halogens is 1. The third-order valence-corrected chi connectivity index (χ3v) is 6.79. The van der Waals surface area contributed by atoms with Crippen molar-refractivity contribution in [3.63, 3.8) is 0 Å². The number of carbonyl (C=O) groups is 2. The summed E-state index contributed by atoms with van der Waals surface area (Å²) in [5.74, 6) is 0.167. The Morgan fingerprint density at radius 2 is 2.00 bits per heavy atom. The lowest BCUT2D eigenvalue weighted by Gasteiger charge is -2.30. The van der Waals surface area contributed by atoms with Gasteiger partial charge in [0, 0.05) is 16.6 Å². The van der Waals surface area contributed by atoms with E-state index in [1.807, 2.05) is 45.0 Å². The summed E-state index contributed by atoms with van der Waals surface area (Å²) in [6, 6.07) is 7.72. The molecule has 3 rings (SSSR count). The van der Waals surface area contributed by atoms with Crippen LogP contribution in [0.25, 0.3) is 11.4 Å². The summed E-state index contributed by atoms with van der Waals surface area (Å²) < 4.78 is 8.79. The topological polar surface area (TPSA) is 86.1 Å². The van der Waals surface area contributed by atoms with Crippen LogP contribution in [-0.2, 0) is 20.9 Å². The summed E-state index contributed by atoms with van der Waals surface area (Å²) in [5, 5.41) is 12.2. The second-order valence-corrected chi connectivity index (χ2v) is 11.9. The lowest BCUT2D eigenvalue weighted by atomic mass is 9.82. The molecule has 0 saturated heterocycles. The zero-order valence-electron chi connectivity index (χ0n) is 22.1. The predicted octanol–water partition coefficient (Wildman–Crippen LogP) is 6.25. The number of amides is 1. The number of hydrogen-bond acceptors (Lipinski definition) is 5. The van der Waals surface area contributed by atoms with Crippen molar-refractivity contribution in [2.45, 2.75) is 84.9 Å². The van der Waals surface area contributed by atoms with Crippen molar-refractivity contribution >= 4 is 27.8 Å². The molecule has 1 aromatic carbocycles. The number of ether oxygens (including phenoxy) is 1. The molecule has 36 heavy (non-hydrogen) atoms. The van der Waals surface area contributed by atoms with E-state index < -0.39 is 17.4 Å². The van der Waals surface area contributed by atoms with Gasteiger partial charge in [0.05, 0.1) is 17.9 Å². The van der Waals surface area contributed by atoms with Crippen LogP contribution in [-0.4, -0.2) is 32.2 Å². The molecule has 0 spiro atoms. The molecule has 0 unspecified atom stereocenters. The first-order valence-corrected chi connectivity index (χ1v) is 13.6. The van der Waals surface area contributed by atoms with Crippen molar-refractivity contribution in [2.24, 2.45) is 17.8 Å². The SMILES string of the molecule is C=CC[C@H](C(=O)OC(C)(C)C)[C@@H](CC(C)C)C(=O)N[C@H]1CCCCn2c(-c3cccc(Br)c3)nnc21. The molecule has 1 aliphatic rings.